The average molecular weight is 214 g/mol. The van der Waals surface area contributed by atoms with Crippen LogP contribution in [-0.2, 0) is 0 Å². The zero-order valence-electron chi connectivity index (χ0n) is 7.07. The smallest absolute Gasteiger partial charge is 0.332 e. The molecular weight excluding hydrogens is 206 g/mol. The molecule has 0 radical (unpaired) electrons. The first-order chi connectivity index (χ1) is 6.59. The fraction of sp³-hybridized carbons (Fsp3) is 0. The van der Waals surface area contributed by atoms with E-state index in [1.54, 1.807) is 6.07 Å². The zero-order valence-corrected chi connectivity index (χ0v) is 7.82. The Kier molecular flexibility index (Phi) is 3.30. The van der Waals surface area contributed by atoms with Gasteiger partial charge in [0.2, 0.25) is 0 Å². The summed E-state index contributed by atoms with van der Waals surface area (Å²) in [6.45, 7) is 0. The second-order valence-corrected chi connectivity index (χ2v) is 2.85. The maximum atomic E-state index is 10.2. The van der Waals surface area contributed by atoms with Gasteiger partial charge in [0.1, 0.15) is 5.75 Å². The number of phenols is 1. The van der Waals surface area contributed by atoms with E-state index in [9.17, 15) is 4.79 Å². The summed E-state index contributed by atoms with van der Waals surface area (Å²) in [5.74, 6) is -0.00771. The fourth-order valence-corrected chi connectivity index (χ4v) is 0.963. The van der Waals surface area contributed by atoms with Gasteiger partial charge in [-0.15, -0.1) is 0 Å². The highest BCUT2D eigenvalue weighted by atomic mass is 35.5. The van der Waals surface area contributed by atoms with Crippen LogP contribution in [0.1, 0.15) is 5.56 Å². The van der Waals surface area contributed by atoms with Crippen molar-refractivity contribution in [1.29, 1.82) is 0 Å². The number of amides is 2. The molecule has 0 aromatic heterocycles. The Balaban J connectivity index is 2.73. The van der Waals surface area contributed by atoms with Gasteiger partial charge in [-0.05, 0) is 23.8 Å². The molecule has 0 saturated heterocycles. The number of hydrogen-bond donors (Lipinski definition) is 3. The van der Waals surface area contributed by atoms with Crippen LogP contribution in [-0.4, -0.2) is 17.4 Å². The van der Waals surface area contributed by atoms with Crippen LogP contribution in [0.4, 0.5) is 4.79 Å². The van der Waals surface area contributed by atoms with Gasteiger partial charge in [-0.3, -0.25) is 0 Å². The maximum Gasteiger partial charge on any atom is 0.332 e. The molecule has 4 N–H and O–H groups in total. The van der Waals surface area contributed by atoms with E-state index in [2.05, 4.69) is 5.10 Å². The number of benzene rings is 1. The summed E-state index contributed by atoms with van der Waals surface area (Å²) in [6, 6.07) is 3.77. The molecule has 6 heteroatoms. The summed E-state index contributed by atoms with van der Waals surface area (Å²) in [4.78, 5) is 10.2. The van der Waals surface area contributed by atoms with Crippen LogP contribution in [0, 0.1) is 0 Å². The number of urea groups is 1. The summed E-state index contributed by atoms with van der Waals surface area (Å²) in [5, 5.41) is 12.8. The van der Waals surface area contributed by atoms with Crippen molar-refractivity contribution in [1.82, 2.24) is 5.43 Å². The number of nitrogens with zero attached hydrogens (tertiary/aromatic N) is 1. The van der Waals surface area contributed by atoms with Crippen LogP contribution in [0.25, 0.3) is 0 Å². The normalized spacial score (nSPS) is 10.4. The summed E-state index contributed by atoms with van der Waals surface area (Å²) in [7, 11) is 0. The fourth-order valence-electron chi connectivity index (χ4n) is 0.774. The number of carbonyl (C=O) groups is 1. The second-order valence-electron chi connectivity index (χ2n) is 2.45. The SMILES string of the molecule is NC(=O)NN=Cc1ccc(O)c(Cl)c1. The minimum absolute atomic E-state index is 0.00771. The number of hydrazone groups is 1. The molecule has 0 aliphatic carbocycles. The Morgan fingerprint density at radius 1 is 1.64 bits per heavy atom. The van der Waals surface area contributed by atoms with Gasteiger partial charge in [-0.25, -0.2) is 10.2 Å². The highest BCUT2D eigenvalue weighted by molar-refractivity contribution is 6.32. The van der Waals surface area contributed by atoms with Crippen LogP contribution in [0.3, 0.4) is 0 Å². The van der Waals surface area contributed by atoms with E-state index in [0.717, 1.165) is 0 Å². The number of aromatic hydroxyl groups is 1. The van der Waals surface area contributed by atoms with Crippen molar-refractivity contribution in [2.75, 3.05) is 0 Å². The maximum absolute atomic E-state index is 10.2. The third-order valence-corrected chi connectivity index (χ3v) is 1.66. The minimum Gasteiger partial charge on any atom is -0.506 e. The van der Waals surface area contributed by atoms with E-state index in [1.165, 1.54) is 18.3 Å². The number of primary amides is 1. The van der Waals surface area contributed by atoms with E-state index in [4.69, 9.17) is 22.4 Å². The first-order valence-corrected chi connectivity index (χ1v) is 4.04. The zero-order chi connectivity index (χ0) is 10.6. The van der Waals surface area contributed by atoms with E-state index in [-0.39, 0.29) is 10.8 Å². The Labute approximate surface area is 85.2 Å². The molecule has 0 atom stereocenters. The van der Waals surface area contributed by atoms with Crippen LogP contribution in [0.5, 0.6) is 5.75 Å². The third kappa shape index (κ3) is 2.95. The molecule has 5 nitrogen and oxygen atoms in total. The molecule has 1 rings (SSSR count). The molecule has 1 aromatic rings. The molecule has 74 valence electrons. The number of nitrogens with two attached hydrogens (primary N) is 1. The van der Waals surface area contributed by atoms with Crippen LogP contribution < -0.4 is 11.2 Å². The van der Waals surface area contributed by atoms with Gasteiger partial charge in [0.15, 0.2) is 0 Å². The number of rotatable bonds is 2. The number of halogens is 1. The Morgan fingerprint density at radius 2 is 2.36 bits per heavy atom. The number of phenolic OH excluding ortho intramolecular Hbond substituents is 1. The molecule has 0 fully saturated rings. The van der Waals surface area contributed by atoms with E-state index >= 15 is 0 Å². The van der Waals surface area contributed by atoms with Crippen molar-refractivity contribution >= 4 is 23.8 Å². The third-order valence-electron chi connectivity index (χ3n) is 1.36. The Hall–Kier alpha value is -1.75. The van der Waals surface area contributed by atoms with Crippen molar-refractivity contribution in [2.45, 2.75) is 0 Å². The number of hydrogen-bond acceptors (Lipinski definition) is 3. The molecule has 0 bridgehead atoms. The molecule has 0 spiro atoms. The monoisotopic (exact) mass is 213 g/mol. The average Bonchev–Trinajstić information content (AvgIpc) is 2.10. The summed E-state index contributed by atoms with van der Waals surface area (Å²) in [6.07, 6.45) is 1.36. The lowest BCUT2D eigenvalue weighted by atomic mass is 10.2. The molecular formula is C8H8ClN3O2. The number of nitrogens with one attached hydrogen (secondary N) is 1. The molecule has 1 aromatic carbocycles. The van der Waals surface area contributed by atoms with Gasteiger partial charge >= 0.3 is 6.03 Å². The van der Waals surface area contributed by atoms with Crippen LogP contribution in [0.15, 0.2) is 23.3 Å². The molecule has 0 aliphatic heterocycles. The molecule has 14 heavy (non-hydrogen) atoms. The highest BCUT2D eigenvalue weighted by Crippen LogP contribution is 2.22. The van der Waals surface area contributed by atoms with E-state index in [1.807, 2.05) is 5.43 Å². The van der Waals surface area contributed by atoms with E-state index in [0.29, 0.717) is 5.56 Å². The van der Waals surface area contributed by atoms with Gasteiger partial charge in [-0.2, -0.15) is 5.10 Å². The second kappa shape index (κ2) is 4.48. The van der Waals surface area contributed by atoms with Crippen molar-refractivity contribution in [3.63, 3.8) is 0 Å². The first-order valence-electron chi connectivity index (χ1n) is 3.66. The van der Waals surface area contributed by atoms with Gasteiger partial charge in [0.05, 0.1) is 11.2 Å². The van der Waals surface area contributed by atoms with Crippen molar-refractivity contribution in [3.05, 3.63) is 28.8 Å². The van der Waals surface area contributed by atoms with E-state index < -0.39 is 6.03 Å². The van der Waals surface area contributed by atoms with Gasteiger partial charge in [0.25, 0.3) is 0 Å². The van der Waals surface area contributed by atoms with Crippen LogP contribution >= 0.6 is 11.6 Å². The molecule has 0 saturated carbocycles. The Bertz CT molecular complexity index is 379. The van der Waals surface area contributed by atoms with Gasteiger partial charge in [-0.1, -0.05) is 11.6 Å². The van der Waals surface area contributed by atoms with Gasteiger partial charge in [0, 0.05) is 0 Å². The predicted octanol–water partition coefficient (Wildman–Crippen LogP) is 1.05. The highest BCUT2D eigenvalue weighted by Gasteiger charge is 1.97. The topological polar surface area (TPSA) is 87.7 Å². The quantitative estimate of drug-likeness (QED) is 0.507. The minimum atomic E-state index is -0.744. The standard InChI is InChI=1S/C8H8ClN3O2/c9-6-3-5(1-2-7(6)13)4-11-12-8(10)14/h1-4,13H,(H3,10,12,14). The molecule has 0 aliphatic rings. The summed E-state index contributed by atoms with van der Waals surface area (Å²) < 4.78 is 0. The van der Waals surface area contributed by atoms with Gasteiger partial charge < -0.3 is 10.8 Å². The van der Waals surface area contributed by atoms with Crippen molar-refractivity contribution < 1.29 is 9.90 Å². The Morgan fingerprint density at radius 3 is 2.93 bits per heavy atom. The lowest BCUT2D eigenvalue weighted by Crippen LogP contribution is -2.24. The first kappa shape index (κ1) is 10.3. The summed E-state index contributed by atoms with van der Waals surface area (Å²) in [5.41, 5.74) is 7.45. The largest absolute Gasteiger partial charge is 0.506 e. The van der Waals surface area contributed by atoms with Crippen LogP contribution in [0.2, 0.25) is 5.02 Å². The molecule has 2 amide bonds. The number of carbonyl (C=O) groups excluding carboxylic acids is 1. The predicted molar refractivity (Wildman–Crippen MR) is 53.4 cm³/mol. The van der Waals surface area contributed by atoms with Crippen molar-refractivity contribution in [3.8, 4) is 5.75 Å². The lowest BCUT2D eigenvalue weighted by Gasteiger charge is -1.97. The lowest BCUT2D eigenvalue weighted by molar-refractivity contribution is 0.249. The van der Waals surface area contributed by atoms with Crippen molar-refractivity contribution in [2.24, 2.45) is 10.8 Å². The summed E-state index contributed by atoms with van der Waals surface area (Å²) >= 11 is 5.63. The molecule has 0 heterocycles. The molecule has 0 unspecified atom stereocenters.